The van der Waals surface area contributed by atoms with Crippen molar-refractivity contribution >= 4 is 29.1 Å². The molecular weight excluding hydrogens is 551 g/mol. The van der Waals surface area contributed by atoms with Crippen molar-refractivity contribution in [2.75, 3.05) is 46.6 Å². The van der Waals surface area contributed by atoms with Crippen molar-refractivity contribution < 1.29 is 23.7 Å². The zero-order valence-corrected chi connectivity index (χ0v) is 24.8. The van der Waals surface area contributed by atoms with Crippen LogP contribution in [0.4, 0.5) is 0 Å². The van der Waals surface area contributed by atoms with Crippen molar-refractivity contribution in [3.63, 3.8) is 0 Å². The Morgan fingerprint density at radius 3 is 2.48 bits per heavy atom. The fraction of sp³-hybridized carbons (Fsp3) is 0.581. The van der Waals surface area contributed by atoms with E-state index in [4.69, 9.17) is 42.1 Å². The summed E-state index contributed by atoms with van der Waals surface area (Å²) in [5, 5.41) is 4.35. The van der Waals surface area contributed by atoms with E-state index in [1.165, 1.54) is 0 Å². The standard InChI is InChI=1S/C31H40Cl2N2O5/c1-37-28-6-4-24(19-29(28)38-18-11-23-3-5-25(32)20-27(23)33)30(36)34-21-22-9-14-35(15-10-22)26-7-12-31(13-8-26)39-16-2-17-40-31/h3-6,19-20,22,26H,2,7-18,21H2,1H3,(H,34,36). The fourth-order valence-electron chi connectivity index (χ4n) is 6.10. The summed E-state index contributed by atoms with van der Waals surface area (Å²) in [6.07, 6.45) is 8.07. The first-order chi connectivity index (χ1) is 19.4. The minimum atomic E-state index is -0.311. The number of likely N-dealkylation sites (tertiary alicyclic amines) is 1. The van der Waals surface area contributed by atoms with Gasteiger partial charge in [-0.15, -0.1) is 0 Å². The number of rotatable bonds is 9. The molecule has 1 spiro atoms. The number of halogens is 2. The van der Waals surface area contributed by atoms with E-state index in [2.05, 4.69) is 10.2 Å². The minimum absolute atomic E-state index is 0.0965. The topological polar surface area (TPSA) is 69.3 Å². The van der Waals surface area contributed by atoms with Crippen LogP contribution in [0.5, 0.6) is 11.5 Å². The van der Waals surface area contributed by atoms with E-state index in [-0.39, 0.29) is 11.7 Å². The van der Waals surface area contributed by atoms with Crippen molar-refractivity contribution in [1.82, 2.24) is 10.2 Å². The predicted octanol–water partition coefficient (Wildman–Crippen LogP) is 6.14. The van der Waals surface area contributed by atoms with Gasteiger partial charge >= 0.3 is 0 Å². The number of methoxy groups -OCH3 is 1. The highest BCUT2D eigenvalue weighted by Gasteiger charge is 2.40. The number of hydrogen-bond donors (Lipinski definition) is 1. The molecule has 2 saturated heterocycles. The number of carbonyl (C=O) groups is 1. The lowest BCUT2D eigenvalue weighted by Gasteiger charge is -2.46. The van der Waals surface area contributed by atoms with Crippen LogP contribution in [-0.2, 0) is 15.9 Å². The number of carbonyl (C=O) groups excluding carboxylic acids is 1. The molecule has 1 aliphatic carbocycles. The molecule has 2 heterocycles. The summed E-state index contributed by atoms with van der Waals surface area (Å²) in [5.74, 6) is 1.20. The Labute approximate surface area is 247 Å². The first kappa shape index (κ1) is 29.5. The van der Waals surface area contributed by atoms with Crippen molar-refractivity contribution in [2.45, 2.75) is 63.2 Å². The maximum atomic E-state index is 13.0. The Morgan fingerprint density at radius 2 is 1.77 bits per heavy atom. The van der Waals surface area contributed by atoms with E-state index in [9.17, 15) is 4.79 Å². The first-order valence-electron chi connectivity index (χ1n) is 14.5. The second-order valence-corrected chi connectivity index (χ2v) is 11.9. The van der Waals surface area contributed by atoms with E-state index in [1.54, 1.807) is 31.4 Å². The zero-order chi connectivity index (χ0) is 28.0. The molecule has 2 aliphatic heterocycles. The lowest BCUT2D eigenvalue weighted by atomic mass is 9.86. The molecule has 9 heteroatoms. The molecule has 7 nitrogen and oxygen atoms in total. The monoisotopic (exact) mass is 590 g/mol. The molecular formula is C31H40Cl2N2O5. The summed E-state index contributed by atoms with van der Waals surface area (Å²) in [6.45, 7) is 4.89. The smallest absolute Gasteiger partial charge is 0.251 e. The summed E-state index contributed by atoms with van der Waals surface area (Å²) in [4.78, 5) is 15.6. The second kappa shape index (κ2) is 13.8. The van der Waals surface area contributed by atoms with E-state index in [0.29, 0.717) is 58.6 Å². The number of nitrogens with one attached hydrogen (secondary N) is 1. The molecule has 0 radical (unpaired) electrons. The van der Waals surface area contributed by atoms with Gasteiger partial charge in [-0.05, 0) is 87.0 Å². The third kappa shape index (κ3) is 7.42. The van der Waals surface area contributed by atoms with Crippen LogP contribution in [0.15, 0.2) is 36.4 Å². The molecule has 3 fully saturated rings. The van der Waals surface area contributed by atoms with Crippen molar-refractivity contribution in [3.05, 3.63) is 57.6 Å². The van der Waals surface area contributed by atoms with E-state index >= 15 is 0 Å². The van der Waals surface area contributed by atoms with E-state index in [0.717, 1.165) is 76.8 Å². The maximum Gasteiger partial charge on any atom is 0.251 e. The Kier molecular flexibility index (Phi) is 10.1. The molecule has 1 amide bonds. The van der Waals surface area contributed by atoms with Crippen LogP contribution in [0.1, 0.15) is 60.9 Å². The predicted molar refractivity (Wildman–Crippen MR) is 157 cm³/mol. The van der Waals surface area contributed by atoms with E-state index < -0.39 is 0 Å². The molecule has 0 unspecified atom stereocenters. The van der Waals surface area contributed by atoms with Gasteiger partial charge in [-0.25, -0.2) is 0 Å². The lowest BCUT2D eigenvalue weighted by Crippen LogP contribution is -2.50. The van der Waals surface area contributed by atoms with Gasteiger partial charge < -0.3 is 29.2 Å². The lowest BCUT2D eigenvalue weighted by molar-refractivity contribution is -0.283. The zero-order valence-electron chi connectivity index (χ0n) is 23.3. The normalized spacial score (nSPS) is 20.4. The number of ether oxygens (including phenoxy) is 4. The molecule has 2 aromatic rings. The highest BCUT2D eigenvalue weighted by atomic mass is 35.5. The van der Waals surface area contributed by atoms with Gasteiger partial charge in [0.15, 0.2) is 17.3 Å². The maximum absolute atomic E-state index is 13.0. The van der Waals surface area contributed by atoms with Crippen LogP contribution in [0.25, 0.3) is 0 Å². The van der Waals surface area contributed by atoms with Gasteiger partial charge in [-0.2, -0.15) is 0 Å². The molecule has 1 N–H and O–H groups in total. The number of amides is 1. The highest BCUT2D eigenvalue weighted by Crippen LogP contribution is 2.38. The van der Waals surface area contributed by atoms with Crippen LogP contribution in [-0.4, -0.2) is 69.2 Å². The number of hydrogen-bond acceptors (Lipinski definition) is 6. The summed E-state index contributed by atoms with van der Waals surface area (Å²) in [5.41, 5.74) is 1.51. The van der Waals surface area contributed by atoms with Gasteiger partial charge in [0.05, 0.1) is 26.9 Å². The third-order valence-electron chi connectivity index (χ3n) is 8.52. The SMILES string of the molecule is COc1ccc(C(=O)NCC2CCN(C3CCC4(CC3)OCCCO4)CC2)cc1OCCc1ccc(Cl)cc1Cl. The van der Waals surface area contributed by atoms with Crippen molar-refractivity contribution in [2.24, 2.45) is 5.92 Å². The number of benzene rings is 2. The Balaban J connectivity index is 1.06. The molecule has 218 valence electrons. The minimum Gasteiger partial charge on any atom is -0.493 e. The quantitative estimate of drug-likeness (QED) is 0.378. The van der Waals surface area contributed by atoms with Crippen LogP contribution >= 0.6 is 23.2 Å². The Hall–Kier alpha value is -2.03. The molecule has 3 aliphatic rings. The van der Waals surface area contributed by atoms with Gasteiger partial charge in [-0.3, -0.25) is 4.79 Å². The number of nitrogens with zero attached hydrogens (tertiary/aromatic N) is 1. The number of piperidine rings is 1. The van der Waals surface area contributed by atoms with Crippen molar-refractivity contribution in [1.29, 1.82) is 0 Å². The summed E-state index contributed by atoms with van der Waals surface area (Å²) >= 11 is 12.3. The summed E-state index contributed by atoms with van der Waals surface area (Å²) < 4.78 is 23.5. The molecule has 5 rings (SSSR count). The van der Waals surface area contributed by atoms with Crippen LogP contribution < -0.4 is 14.8 Å². The van der Waals surface area contributed by atoms with Crippen molar-refractivity contribution in [3.8, 4) is 11.5 Å². The van der Waals surface area contributed by atoms with Crippen LogP contribution in [0.3, 0.4) is 0 Å². The molecule has 40 heavy (non-hydrogen) atoms. The summed E-state index contributed by atoms with van der Waals surface area (Å²) in [7, 11) is 1.59. The Morgan fingerprint density at radius 1 is 1.02 bits per heavy atom. The van der Waals surface area contributed by atoms with Gasteiger partial charge in [0.2, 0.25) is 0 Å². The van der Waals surface area contributed by atoms with Gasteiger partial charge in [-0.1, -0.05) is 29.3 Å². The average molecular weight is 592 g/mol. The van der Waals surface area contributed by atoms with Crippen LogP contribution in [0.2, 0.25) is 10.0 Å². The van der Waals surface area contributed by atoms with Crippen LogP contribution in [0, 0.1) is 5.92 Å². The molecule has 0 atom stereocenters. The Bertz CT molecular complexity index is 1140. The second-order valence-electron chi connectivity index (χ2n) is 11.1. The van der Waals surface area contributed by atoms with Gasteiger partial charge in [0.25, 0.3) is 5.91 Å². The van der Waals surface area contributed by atoms with Gasteiger partial charge in [0.1, 0.15) is 0 Å². The fourth-order valence-corrected chi connectivity index (χ4v) is 6.60. The largest absolute Gasteiger partial charge is 0.493 e. The van der Waals surface area contributed by atoms with E-state index in [1.807, 2.05) is 12.1 Å². The molecule has 0 bridgehead atoms. The molecule has 1 saturated carbocycles. The molecule has 2 aromatic carbocycles. The molecule has 0 aromatic heterocycles. The van der Waals surface area contributed by atoms with Gasteiger partial charge in [0, 0.05) is 47.5 Å². The average Bonchev–Trinajstić information content (AvgIpc) is 2.98. The summed E-state index contributed by atoms with van der Waals surface area (Å²) in [6, 6.07) is 11.3. The third-order valence-corrected chi connectivity index (χ3v) is 9.11. The first-order valence-corrected chi connectivity index (χ1v) is 15.3. The highest BCUT2D eigenvalue weighted by molar-refractivity contribution is 6.35.